The van der Waals surface area contributed by atoms with Crippen molar-refractivity contribution >= 4 is 21.9 Å². The summed E-state index contributed by atoms with van der Waals surface area (Å²) in [6.07, 6.45) is 0.862. The van der Waals surface area contributed by atoms with Crippen molar-refractivity contribution in [3.05, 3.63) is 17.9 Å². The Morgan fingerprint density at radius 3 is 2.63 bits per heavy atom. The Hall–Kier alpha value is -1.87. The summed E-state index contributed by atoms with van der Waals surface area (Å²) in [4.78, 5) is 21.9. The standard InChI is InChI=1S/C10H12N2O6S/c11-9(13)6-2-1-5-12(6)19(16,17)8-4-3-7(18-8)10(14)15/h3-4,6H,1-2,5H2,(H2,11,13)(H,14,15)/t6-/m0/s1. The maximum absolute atomic E-state index is 12.2. The Morgan fingerprint density at radius 1 is 1.42 bits per heavy atom. The van der Waals surface area contributed by atoms with Crippen LogP contribution < -0.4 is 5.73 Å². The summed E-state index contributed by atoms with van der Waals surface area (Å²) in [5.41, 5.74) is 5.15. The highest BCUT2D eigenvalue weighted by Gasteiger charge is 2.40. The van der Waals surface area contributed by atoms with E-state index in [1.807, 2.05) is 0 Å². The highest BCUT2D eigenvalue weighted by atomic mass is 32.2. The molecule has 8 nitrogen and oxygen atoms in total. The number of carboxylic acids is 1. The molecule has 1 amide bonds. The minimum absolute atomic E-state index is 0.152. The second-order valence-corrected chi connectivity index (χ2v) is 5.92. The number of carboxylic acid groups (broad SMARTS) is 1. The van der Waals surface area contributed by atoms with Crippen molar-refractivity contribution in [3.8, 4) is 0 Å². The second kappa shape index (κ2) is 4.67. The van der Waals surface area contributed by atoms with Gasteiger partial charge in [-0.1, -0.05) is 0 Å². The fourth-order valence-electron chi connectivity index (χ4n) is 2.00. The minimum atomic E-state index is -4.04. The number of sulfonamides is 1. The maximum atomic E-state index is 12.2. The van der Waals surface area contributed by atoms with Crippen LogP contribution in [0.1, 0.15) is 23.4 Å². The molecule has 2 rings (SSSR count). The molecule has 0 bridgehead atoms. The zero-order valence-electron chi connectivity index (χ0n) is 9.77. The monoisotopic (exact) mass is 288 g/mol. The number of furan rings is 1. The van der Waals surface area contributed by atoms with Gasteiger partial charge in [0, 0.05) is 6.54 Å². The molecule has 0 aromatic carbocycles. The van der Waals surface area contributed by atoms with Crippen LogP contribution in [0.15, 0.2) is 21.6 Å². The molecule has 0 spiro atoms. The predicted molar refractivity (Wildman–Crippen MR) is 61.8 cm³/mol. The number of nitrogens with zero attached hydrogens (tertiary/aromatic N) is 1. The molecule has 104 valence electrons. The van der Waals surface area contributed by atoms with Gasteiger partial charge >= 0.3 is 5.97 Å². The van der Waals surface area contributed by atoms with E-state index in [9.17, 15) is 18.0 Å². The van der Waals surface area contributed by atoms with E-state index in [0.29, 0.717) is 12.8 Å². The topological polar surface area (TPSA) is 131 Å². The highest BCUT2D eigenvalue weighted by Crippen LogP contribution is 2.27. The zero-order chi connectivity index (χ0) is 14.2. The van der Waals surface area contributed by atoms with Gasteiger partial charge in [0.2, 0.25) is 16.8 Å². The largest absolute Gasteiger partial charge is 0.475 e. The number of carbonyl (C=O) groups is 2. The molecule has 1 aromatic heterocycles. The lowest BCUT2D eigenvalue weighted by atomic mass is 10.2. The van der Waals surface area contributed by atoms with E-state index in [4.69, 9.17) is 15.3 Å². The van der Waals surface area contributed by atoms with Crippen molar-refractivity contribution in [1.29, 1.82) is 0 Å². The van der Waals surface area contributed by atoms with Crippen LogP contribution >= 0.6 is 0 Å². The summed E-state index contributed by atoms with van der Waals surface area (Å²) in [7, 11) is -4.04. The van der Waals surface area contributed by atoms with Gasteiger partial charge in [-0.3, -0.25) is 4.79 Å². The van der Waals surface area contributed by atoms with Crippen LogP contribution in [0.2, 0.25) is 0 Å². The number of rotatable bonds is 4. The third-order valence-corrected chi connectivity index (χ3v) is 4.67. The van der Waals surface area contributed by atoms with Crippen molar-refractivity contribution in [2.45, 2.75) is 24.0 Å². The van der Waals surface area contributed by atoms with E-state index in [0.717, 1.165) is 16.4 Å². The molecular formula is C10H12N2O6S. The Labute approximate surface area is 108 Å². The number of primary amides is 1. The van der Waals surface area contributed by atoms with E-state index < -0.39 is 38.8 Å². The third-order valence-electron chi connectivity index (χ3n) is 2.89. The molecule has 2 heterocycles. The van der Waals surface area contributed by atoms with Crippen molar-refractivity contribution in [2.24, 2.45) is 5.73 Å². The van der Waals surface area contributed by atoms with Gasteiger partial charge in [-0.25, -0.2) is 13.2 Å². The summed E-state index contributed by atoms with van der Waals surface area (Å²) in [6.45, 7) is 0.152. The zero-order valence-corrected chi connectivity index (χ0v) is 10.6. The summed E-state index contributed by atoms with van der Waals surface area (Å²) in [6, 6.07) is 1.18. The lowest BCUT2D eigenvalue weighted by molar-refractivity contribution is -0.121. The number of aromatic carboxylic acids is 1. The molecule has 3 N–H and O–H groups in total. The number of amides is 1. The number of hydrogen-bond acceptors (Lipinski definition) is 5. The Bertz CT molecular complexity index is 620. The molecule has 19 heavy (non-hydrogen) atoms. The molecule has 1 aromatic rings. The van der Waals surface area contributed by atoms with E-state index in [2.05, 4.69) is 0 Å². The molecule has 9 heteroatoms. The first-order valence-electron chi connectivity index (χ1n) is 5.48. The normalized spacial score (nSPS) is 20.5. The number of nitrogens with two attached hydrogens (primary N) is 1. The third kappa shape index (κ3) is 2.34. The molecule has 1 aliphatic rings. The van der Waals surface area contributed by atoms with Crippen molar-refractivity contribution in [2.75, 3.05) is 6.54 Å². The van der Waals surface area contributed by atoms with Crippen LogP contribution in [0.4, 0.5) is 0 Å². The average Bonchev–Trinajstić information content (AvgIpc) is 2.98. The molecular weight excluding hydrogens is 276 g/mol. The Balaban J connectivity index is 2.36. The van der Waals surface area contributed by atoms with Crippen LogP contribution in [0.25, 0.3) is 0 Å². The summed E-state index contributed by atoms with van der Waals surface area (Å²) in [5, 5.41) is 8.19. The predicted octanol–water partition coefficient (Wildman–Crippen LogP) is -0.384. The lowest BCUT2D eigenvalue weighted by Crippen LogP contribution is -2.43. The van der Waals surface area contributed by atoms with Gasteiger partial charge in [-0.05, 0) is 25.0 Å². The van der Waals surface area contributed by atoms with Crippen LogP contribution in [-0.2, 0) is 14.8 Å². The summed E-state index contributed by atoms with van der Waals surface area (Å²) in [5.74, 6) is -2.58. The smallest absolute Gasteiger partial charge is 0.371 e. The fraction of sp³-hybridized carbons (Fsp3) is 0.400. The van der Waals surface area contributed by atoms with Gasteiger partial charge in [0.05, 0.1) is 0 Å². The lowest BCUT2D eigenvalue weighted by Gasteiger charge is -2.19. The van der Waals surface area contributed by atoms with Gasteiger partial charge in [-0.15, -0.1) is 0 Å². The van der Waals surface area contributed by atoms with Crippen molar-refractivity contribution in [3.63, 3.8) is 0 Å². The van der Waals surface area contributed by atoms with Crippen LogP contribution in [0.5, 0.6) is 0 Å². The molecule has 0 radical (unpaired) electrons. The van der Waals surface area contributed by atoms with Crippen molar-refractivity contribution in [1.82, 2.24) is 4.31 Å². The van der Waals surface area contributed by atoms with Gasteiger partial charge in [0.15, 0.2) is 0 Å². The molecule has 1 atom stereocenters. The van der Waals surface area contributed by atoms with Gasteiger partial charge in [0.25, 0.3) is 10.0 Å². The highest BCUT2D eigenvalue weighted by molar-refractivity contribution is 7.89. The SMILES string of the molecule is NC(=O)[C@@H]1CCCN1S(=O)(=O)c1ccc(C(=O)O)o1. The number of hydrogen-bond donors (Lipinski definition) is 2. The molecule has 1 aliphatic heterocycles. The molecule has 0 saturated carbocycles. The first kappa shape index (κ1) is 13.6. The summed E-state index contributed by atoms with van der Waals surface area (Å²) >= 11 is 0. The van der Waals surface area contributed by atoms with Gasteiger partial charge in [0.1, 0.15) is 6.04 Å². The molecule has 1 fully saturated rings. The summed E-state index contributed by atoms with van der Waals surface area (Å²) < 4.78 is 30.1. The van der Waals surface area contributed by atoms with Crippen LogP contribution in [0, 0.1) is 0 Å². The Morgan fingerprint density at radius 2 is 2.11 bits per heavy atom. The average molecular weight is 288 g/mol. The van der Waals surface area contributed by atoms with E-state index >= 15 is 0 Å². The van der Waals surface area contributed by atoms with Gasteiger partial charge in [-0.2, -0.15) is 4.31 Å². The fourth-order valence-corrected chi connectivity index (χ4v) is 3.58. The first-order valence-corrected chi connectivity index (χ1v) is 6.92. The maximum Gasteiger partial charge on any atom is 0.371 e. The Kier molecular flexibility index (Phi) is 3.33. The quantitative estimate of drug-likeness (QED) is 0.776. The van der Waals surface area contributed by atoms with Crippen LogP contribution in [-0.4, -0.2) is 42.3 Å². The van der Waals surface area contributed by atoms with E-state index in [1.165, 1.54) is 0 Å². The van der Waals surface area contributed by atoms with Gasteiger partial charge < -0.3 is 15.3 Å². The van der Waals surface area contributed by atoms with Crippen LogP contribution in [0.3, 0.4) is 0 Å². The molecule has 1 saturated heterocycles. The molecule has 0 unspecified atom stereocenters. The second-order valence-electron chi connectivity index (χ2n) is 4.10. The van der Waals surface area contributed by atoms with Crippen molar-refractivity contribution < 1.29 is 27.5 Å². The van der Waals surface area contributed by atoms with E-state index in [1.54, 1.807) is 0 Å². The first-order chi connectivity index (χ1) is 8.84. The minimum Gasteiger partial charge on any atom is -0.475 e. The molecule has 0 aliphatic carbocycles. The van der Waals surface area contributed by atoms with E-state index in [-0.39, 0.29) is 6.54 Å². The number of carbonyl (C=O) groups excluding carboxylic acids is 1.